The third-order valence-corrected chi connectivity index (χ3v) is 5.06. The summed E-state index contributed by atoms with van der Waals surface area (Å²) in [5.41, 5.74) is 4.01. The van der Waals surface area contributed by atoms with E-state index < -0.39 is 0 Å². The van der Waals surface area contributed by atoms with Crippen LogP contribution in [0.15, 0.2) is 78.0 Å². The molecule has 27 heavy (non-hydrogen) atoms. The highest BCUT2D eigenvalue weighted by molar-refractivity contribution is 7.98. The van der Waals surface area contributed by atoms with E-state index in [-0.39, 0.29) is 11.7 Å². The Morgan fingerprint density at radius 2 is 1.74 bits per heavy atom. The first kappa shape index (κ1) is 17.2. The average Bonchev–Trinajstić information content (AvgIpc) is 3.11. The third-order valence-electron chi connectivity index (χ3n) is 4.11. The summed E-state index contributed by atoms with van der Waals surface area (Å²) in [7, 11) is 0. The maximum Gasteiger partial charge on any atom is 0.255 e. The summed E-state index contributed by atoms with van der Waals surface area (Å²) in [4.78, 5) is 20.2. The summed E-state index contributed by atoms with van der Waals surface area (Å²) < 4.78 is 0. The summed E-state index contributed by atoms with van der Waals surface area (Å²) in [6.45, 7) is 0. The molecular weight excluding hydrogens is 358 g/mol. The van der Waals surface area contributed by atoms with Gasteiger partial charge in [-0.1, -0.05) is 48.2 Å². The minimum Gasteiger partial charge on any atom is -0.506 e. The second kappa shape index (κ2) is 7.55. The number of carbonyl (C=O) groups excluding carboxylic acids is 1. The van der Waals surface area contributed by atoms with Gasteiger partial charge in [-0.15, -0.1) is 0 Å². The molecule has 4 rings (SSSR count). The molecule has 4 aromatic rings. The summed E-state index contributed by atoms with van der Waals surface area (Å²) >= 11 is 1.62. The lowest BCUT2D eigenvalue weighted by atomic mass is 10.1. The Kier molecular flexibility index (Phi) is 4.80. The van der Waals surface area contributed by atoms with E-state index in [4.69, 9.17) is 0 Å². The molecule has 1 heterocycles. The lowest BCUT2D eigenvalue weighted by molar-refractivity contribution is 0.102. The van der Waals surface area contributed by atoms with Crippen LogP contribution in [0.1, 0.15) is 15.9 Å². The Morgan fingerprint density at radius 1 is 1.00 bits per heavy atom. The molecule has 0 saturated heterocycles. The molecule has 1 aromatic heterocycles. The predicted octanol–water partition coefficient (Wildman–Crippen LogP) is 4.81. The van der Waals surface area contributed by atoms with Crippen LogP contribution in [-0.2, 0) is 5.75 Å². The van der Waals surface area contributed by atoms with Crippen molar-refractivity contribution < 1.29 is 9.90 Å². The summed E-state index contributed by atoms with van der Waals surface area (Å²) in [5.74, 6) is 0.541. The number of rotatable bonds is 5. The van der Waals surface area contributed by atoms with Crippen molar-refractivity contribution in [2.75, 3.05) is 5.32 Å². The molecule has 3 aromatic carbocycles. The zero-order chi connectivity index (χ0) is 18.6. The number of thioether (sulfide) groups is 1. The number of hydrogen-bond donors (Lipinski definition) is 3. The molecule has 134 valence electrons. The van der Waals surface area contributed by atoms with Gasteiger partial charge in [0, 0.05) is 11.3 Å². The molecule has 0 atom stereocenters. The van der Waals surface area contributed by atoms with E-state index in [9.17, 15) is 9.90 Å². The van der Waals surface area contributed by atoms with E-state index in [2.05, 4.69) is 15.3 Å². The Bertz CT molecular complexity index is 1060. The van der Waals surface area contributed by atoms with E-state index in [0.717, 1.165) is 27.5 Å². The topological polar surface area (TPSA) is 78.0 Å². The molecule has 0 saturated carbocycles. The van der Waals surface area contributed by atoms with E-state index in [1.54, 1.807) is 42.1 Å². The van der Waals surface area contributed by atoms with Gasteiger partial charge in [0.15, 0.2) is 5.16 Å². The molecular formula is C21H17N3O2S. The van der Waals surface area contributed by atoms with Gasteiger partial charge in [0.05, 0.1) is 16.7 Å². The number of para-hydroxylation sites is 4. The first-order valence-electron chi connectivity index (χ1n) is 8.45. The zero-order valence-electron chi connectivity index (χ0n) is 14.3. The second-order valence-corrected chi connectivity index (χ2v) is 6.98. The van der Waals surface area contributed by atoms with Crippen LogP contribution in [0.3, 0.4) is 0 Å². The van der Waals surface area contributed by atoms with Crippen molar-refractivity contribution in [3.8, 4) is 5.75 Å². The lowest BCUT2D eigenvalue weighted by Crippen LogP contribution is -2.11. The number of nitrogens with one attached hydrogen (secondary N) is 2. The molecule has 5 nitrogen and oxygen atoms in total. The zero-order valence-corrected chi connectivity index (χ0v) is 15.2. The molecule has 0 unspecified atom stereocenters. The fourth-order valence-corrected chi connectivity index (χ4v) is 3.52. The predicted molar refractivity (Wildman–Crippen MR) is 108 cm³/mol. The molecule has 0 radical (unpaired) electrons. The van der Waals surface area contributed by atoms with E-state index in [1.807, 2.05) is 36.4 Å². The van der Waals surface area contributed by atoms with Crippen molar-refractivity contribution in [1.29, 1.82) is 0 Å². The number of H-pyrrole nitrogens is 1. The number of fused-ring (bicyclic) bond motifs is 1. The van der Waals surface area contributed by atoms with Gasteiger partial charge in [0.1, 0.15) is 5.75 Å². The van der Waals surface area contributed by atoms with Gasteiger partial charge in [-0.2, -0.15) is 0 Å². The number of benzene rings is 3. The van der Waals surface area contributed by atoms with Gasteiger partial charge in [0.25, 0.3) is 5.91 Å². The number of carbonyl (C=O) groups is 1. The van der Waals surface area contributed by atoms with Gasteiger partial charge in [0.2, 0.25) is 0 Å². The number of aromatic amines is 1. The van der Waals surface area contributed by atoms with Crippen LogP contribution in [0.2, 0.25) is 0 Å². The minimum atomic E-state index is -0.256. The quantitative estimate of drug-likeness (QED) is 0.345. The van der Waals surface area contributed by atoms with Crippen LogP contribution in [0.4, 0.5) is 5.69 Å². The van der Waals surface area contributed by atoms with Crippen LogP contribution < -0.4 is 5.32 Å². The number of anilines is 1. The fraction of sp³-hybridized carbons (Fsp3) is 0.0476. The number of imidazole rings is 1. The Morgan fingerprint density at radius 3 is 2.52 bits per heavy atom. The van der Waals surface area contributed by atoms with E-state index in [1.165, 1.54) is 6.07 Å². The monoisotopic (exact) mass is 375 g/mol. The third kappa shape index (κ3) is 3.96. The SMILES string of the molecule is O=C(Nc1ccccc1O)c1ccc(CSc2nc3ccccc3[nH]2)cc1. The largest absolute Gasteiger partial charge is 0.506 e. The van der Waals surface area contributed by atoms with E-state index in [0.29, 0.717) is 11.3 Å². The smallest absolute Gasteiger partial charge is 0.255 e. The van der Waals surface area contributed by atoms with E-state index >= 15 is 0 Å². The number of phenols is 1. The Balaban J connectivity index is 1.39. The summed E-state index contributed by atoms with van der Waals surface area (Å²) in [6, 6.07) is 22.0. The maximum absolute atomic E-state index is 12.3. The van der Waals surface area contributed by atoms with Gasteiger partial charge in [-0.3, -0.25) is 4.79 Å². The molecule has 0 spiro atoms. The summed E-state index contributed by atoms with van der Waals surface area (Å²) in [5, 5.41) is 13.3. The summed E-state index contributed by atoms with van der Waals surface area (Å²) in [6.07, 6.45) is 0. The van der Waals surface area contributed by atoms with Gasteiger partial charge >= 0.3 is 0 Å². The van der Waals surface area contributed by atoms with Crippen molar-refractivity contribution in [2.24, 2.45) is 0 Å². The number of phenolic OH excluding ortho intramolecular Hbond substituents is 1. The number of hydrogen-bond acceptors (Lipinski definition) is 4. The normalized spacial score (nSPS) is 10.8. The number of amides is 1. The number of nitrogens with zero attached hydrogens (tertiary/aromatic N) is 1. The molecule has 0 aliphatic carbocycles. The van der Waals surface area contributed by atoms with Gasteiger partial charge in [-0.05, 0) is 42.0 Å². The van der Waals surface area contributed by atoms with Crippen LogP contribution in [-0.4, -0.2) is 21.0 Å². The van der Waals surface area contributed by atoms with Crippen molar-refractivity contribution in [3.63, 3.8) is 0 Å². The minimum absolute atomic E-state index is 0.0460. The Labute approximate surface area is 160 Å². The molecule has 1 amide bonds. The molecule has 0 fully saturated rings. The second-order valence-electron chi connectivity index (χ2n) is 6.02. The van der Waals surface area contributed by atoms with Crippen molar-refractivity contribution >= 4 is 34.4 Å². The van der Waals surface area contributed by atoms with Gasteiger partial charge < -0.3 is 15.4 Å². The first-order valence-corrected chi connectivity index (χ1v) is 9.43. The number of aromatic hydroxyl groups is 1. The van der Waals surface area contributed by atoms with Crippen molar-refractivity contribution in [3.05, 3.63) is 83.9 Å². The molecule has 0 bridgehead atoms. The maximum atomic E-state index is 12.3. The highest BCUT2D eigenvalue weighted by Crippen LogP contribution is 2.24. The van der Waals surface area contributed by atoms with Crippen molar-refractivity contribution in [1.82, 2.24) is 9.97 Å². The molecule has 0 aliphatic heterocycles. The Hall–Kier alpha value is -3.25. The number of aromatic nitrogens is 2. The first-order chi connectivity index (χ1) is 13.2. The molecule has 0 aliphatic rings. The highest BCUT2D eigenvalue weighted by Gasteiger charge is 2.09. The molecule has 6 heteroatoms. The van der Waals surface area contributed by atoms with Crippen LogP contribution >= 0.6 is 11.8 Å². The lowest BCUT2D eigenvalue weighted by Gasteiger charge is -2.07. The van der Waals surface area contributed by atoms with Crippen LogP contribution in [0, 0.1) is 0 Å². The molecule has 3 N–H and O–H groups in total. The standard InChI is InChI=1S/C21H17N3O2S/c25-19-8-4-3-7-18(19)22-20(26)15-11-9-14(10-12-15)13-27-21-23-16-5-1-2-6-17(16)24-21/h1-12,25H,13H2,(H,22,26)(H,23,24). The van der Waals surface area contributed by atoms with Crippen LogP contribution in [0.25, 0.3) is 11.0 Å². The van der Waals surface area contributed by atoms with Crippen molar-refractivity contribution in [2.45, 2.75) is 10.9 Å². The average molecular weight is 375 g/mol. The van der Waals surface area contributed by atoms with Gasteiger partial charge in [-0.25, -0.2) is 4.98 Å². The highest BCUT2D eigenvalue weighted by atomic mass is 32.2. The fourth-order valence-electron chi connectivity index (χ4n) is 2.68. The van der Waals surface area contributed by atoms with Crippen LogP contribution in [0.5, 0.6) is 5.75 Å².